The summed E-state index contributed by atoms with van der Waals surface area (Å²) in [5.41, 5.74) is 6.56. The van der Waals surface area contributed by atoms with Crippen LogP contribution in [-0.2, 0) is 10.3 Å². The maximum absolute atomic E-state index is 12.8. The number of halogens is 1. The molecule has 4 heteroatoms. The highest BCUT2D eigenvalue weighted by Gasteiger charge is 2.28. The first kappa shape index (κ1) is 12.5. The van der Waals surface area contributed by atoms with Crippen molar-refractivity contribution in [3.8, 4) is 0 Å². The lowest BCUT2D eigenvalue weighted by Crippen LogP contribution is -2.37. The van der Waals surface area contributed by atoms with Crippen LogP contribution in [0, 0.1) is 11.7 Å². The maximum atomic E-state index is 12.8. The van der Waals surface area contributed by atoms with Gasteiger partial charge in [-0.25, -0.2) is 4.39 Å². The number of nitrogens with zero attached hydrogens (tertiary/aromatic N) is 1. The Morgan fingerprint density at radius 3 is 2.76 bits per heavy atom. The van der Waals surface area contributed by atoms with Gasteiger partial charge in [0.15, 0.2) is 0 Å². The van der Waals surface area contributed by atoms with Crippen molar-refractivity contribution in [2.75, 3.05) is 13.2 Å². The number of ether oxygens (including phenoxy) is 1. The first-order valence-electron chi connectivity index (χ1n) is 6.06. The van der Waals surface area contributed by atoms with Crippen molar-refractivity contribution >= 4 is 0 Å². The number of rotatable bonds is 3. The molecule has 0 radical (unpaired) electrons. The molecular formula is C13H19FN2O. The van der Waals surface area contributed by atoms with Crippen LogP contribution in [0.1, 0.15) is 31.9 Å². The lowest BCUT2D eigenvalue weighted by Gasteiger charge is -2.31. The summed E-state index contributed by atoms with van der Waals surface area (Å²) < 4.78 is 18.1. The van der Waals surface area contributed by atoms with Crippen LogP contribution in [0.2, 0.25) is 0 Å². The van der Waals surface area contributed by atoms with Crippen molar-refractivity contribution in [3.05, 3.63) is 29.8 Å². The molecule has 0 spiro atoms. The molecule has 3 nitrogen and oxygen atoms in total. The third kappa shape index (κ3) is 3.23. The topological polar surface area (TPSA) is 48.1 Å². The van der Waals surface area contributed by atoms with Gasteiger partial charge in [-0.15, -0.1) is 0 Å². The molecule has 1 aliphatic rings. The Balaban J connectivity index is 2.04. The van der Waals surface area contributed by atoms with Crippen molar-refractivity contribution in [3.63, 3.8) is 0 Å². The van der Waals surface area contributed by atoms with Gasteiger partial charge in [-0.3, -0.25) is 4.98 Å². The molecule has 1 aromatic rings. The first-order valence-corrected chi connectivity index (χ1v) is 6.06. The molecule has 17 heavy (non-hydrogen) atoms. The SMILES string of the molecule is CC(N)(CC1CCOCC1)c1ccc(F)cn1. The van der Waals surface area contributed by atoms with E-state index in [1.54, 1.807) is 6.07 Å². The van der Waals surface area contributed by atoms with Crippen molar-refractivity contribution in [2.45, 2.75) is 31.7 Å². The van der Waals surface area contributed by atoms with Crippen LogP contribution >= 0.6 is 0 Å². The Hall–Kier alpha value is -1.00. The minimum atomic E-state index is -0.490. The molecule has 94 valence electrons. The summed E-state index contributed by atoms with van der Waals surface area (Å²) in [7, 11) is 0. The van der Waals surface area contributed by atoms with E-state index in [2.05, 4.69) is 4.98 Å². The monoisotopic (exact) mass is 238 g/mol. The van der Waals surface area contributed by atoms with Gasteiger partial charge in [0.1, 0.15) is 5.82 Å². The zero-order valence-corrected chi connectivity index (χ0v) is 10.2. The van der Waals surface area contributed by atoms with E-state index in [0.717, 1.165) is 38.2 Å². The Bertz CT molecular complexity index is 358. The molecule has 0 amide bonds. The molecule has 0 aromatic carbocycles. The van der Waals surface area contributed by atoms with Crippen LogP contribution in [0.3, 0.4) is 0 Å². The van der Waals surface area contributed by atoms with Gasteiger partial charge in [-0.05, 0) is 44.2 Å². The summed E-state index contributed by atoms with van der Waals surface area (Å²) >= 11 is 0. The van der Waals surface area contributed by atoms with Gasteiger partial charge in [0.25, 0.3) is 0 Å². The predicted octanol–water partition coefficient (Wildman–Crippen LogP) is 2.21. The standard InChI is InChI=1S/C13H19FN2O/c1-13(15,8-10-4-6-17-7-5-10)12-3-2-11(14)9-16-12/h2-3,9-10H,4-8,15H2,1H3. The molecule has 2 rings (SSSR count). The highest BCUT2D eigenvalue weighted by molar-refractivity contribution is 5.14. The lowest BCUT2D eigenvalue weighted by atomic mass is 9.83. The zero-order chi connectivity index (χ0) is 12.3. The van der Waals surface area contributed by atoms with Crippen molar-refractivity contribution in [2.24, 2.45) is 11.7 Å². The lowest BCUT2D eigenvalue weighted by molar-refractivity contribution is 0.0567. The van der Waals surface area contributed by atoms with E-state index in [1.807, 2.05) is 6.92 Å². The molecule has 0 aliphatic carbocycles. The second kappa shape index (κ2) is 5.10. The fraction of sp³-hybridized carbons (Fsp3) is 0.615. The normalized spacial score (nSPS) is 21.1. The Morgan fingerprint density at radius 2 is 2.18 bits per heavy atom. The highest BCUT2D eigenvalue weighted by atomic mass is 19.1. The zero-order valence-electron chi connectivity index (χ0n) is 10.2. The minimum Gasteiger partial charge on any atom is -0.381 e. The number of nitrogens with two attached hydrogens (primary N) is 1. The number of aromatic nitrogens is 1. The smallest absolute Gasteiger partial charge is 0.141 e. The summed E-state index contributed by atoms with van der Waals surface area (Å²) in [6.07, 6.45) is 4.20. The van der Waals surface area contributed by atoms with E-state index < -0.39 is 5.54 Å². The van der Waals surface area contributed by atoms with Crippen molar-refractivity contribution < 1.29 is 9.13 Å². The molecule has 1 atom stereocenters. The number of pyridine rings is 1. The summed E-state index contributed by atoms with van der Waals surface area (Å²) in [5, 5.41) is 0. The van der Waals surface area contributed by atoms with Gasteiger partial charge < -0.3 is 10.5 Å². The predicted molar refractivity (Wildman–Crippen MR) is 63.9 cm³/mol. The van der Waals surface area contributed by atoms with E-state index in [9.17, 15) is 4.39 Å². The fourth-order valence-electron chi connectivity index (χ4n) is 2.37. The number of hydrogen-bond donors (Lipinski definition) is 1. The molecule has 1 aliphatic heterocycles. The second-order valence-electron chi connectivity index (χ2n) is 5.04. The highest BCUT2D eigenvalue weighted by Crippen LogP contribution is 2.29. The Labute approximate surface area is 101 Å². The van der Waals surface area contributed by atoms with Gasteiger partial charge in [0.2, 0.25) is 0 Å². The Morgan fingerprint density at radius 1 is 1.47 bits per heavy atom. The molecule has 1 aromatic heterocycles. The third-order valence-corrected chi connectivity index (χ3v) is 3.37. The summed E-state index contributed by atoms with van der Waals surface area (Å²) in [5.74, 6) is 0.251. The molecule has 1 fully saturated rings. The Kier molecular flexibility index (Phi) is 3.74. The molecular weight excluding hydrogens is 219 g/mol. The largest absolute Gasteiger partial charge is 0.381 e. The van der Waals surface area contributed by atoms with Gasteiger partial charge in [-0.2, -0.15) is 0 Å². The van der Waals surface area contributed by atoms with Crippen LogP contribution in [0.5, 0.6) is 0 Å². The van der Waals surface area contributed by atoms with Crippen LogP contribution in [0.4, 0.5) is 4.39 Å². The van der Waals surface area contributed by atoms with E-state index in [-0.39, 0.29) is 5.82 Å². The van der Waals surface area contributed by atoms with E-state index in [0.29, 0.717) is 5.92 Å². The van der Waals surface area contributed by atoms with Crippen LogP contribution < -0.4 is 5.73 Å². The van der Waals surface area contributed by atoms with Gasteiger partial charge >= 0.3 is 0 Å². The first-order chi connectivity index (χ1) is 8.08. The molecule has 0 saturated carbocycles. The summed E-state index contributed by atoms with van der Waals surface area (Å²) in [6, 6.07) is 3.09. The van der Waals surface area contributed by atoms with Gasteiger partial charge in [0.05, 0.1) is 17.4 Å². The summed E-state index contributed by atoms with van der Waals surface area (Å²) in [6.45, 7) is 3.60. The fourth-order valence-corrected chi connectivity index (χ4v) is 2.37. The molecule has 1 saturated heterocycles. The van der Waals surface area contributed by atoms with Crippen LogP contribution in [-0.4, -0.2) is 18.2 Å². The van der Waals surface area contributed by atoms with Gasteiger partial charge in [0, 0.05) is 13.2 Å². The van der Waals surface area contributed by atoms with Gasteiger partial charge in [-0.1, -0.05) is 0 Å². The molecule has 2 N–H and O–H groups in total. The average molecular weight is 238 g/mol. The van der Waals surface area contributed by atoms with E-state index in [4.69, 9.17) is 10.5 Å². The average Bonchev–Trinajstić information content (AvgIpc) is 2.30. The van der Waals surface area contributed by atoms with E-state index in [1.165, 1.54) is 12.3 Å². The molecule has 1 unspecified atom stereocenters. The third-order valence-electron chi connectivity index (χ3n) is 3.37. The molecule has 0 bridgehead atoms. The summed E-state index contributed by atoms with van der Waals surface area (Å²) in [4.78, 5) is 4.08. The quantitative estimate of drug-likeness (QED) is 0.878. The van der Waals surface area contributed by atoms with Crippen molar-refractivity contribution in [1.29, 1.82) is 0 Å². The van der Waals surface area contributed by atoms with Crippen LogP contribution in [0.15, 0.2) is 18.3 Å². The molecule has 2 heterocycles. The van der Waals surface area contributed by atoms with Crippen molar-refractivity contribution in [1.82, 2.24) is 4.98 Å². The van der Waals surface area contributed by atoms with E-state index >= 15 is 0 Å². The number of hydrogen-bond acceptors (Lipinski definition) is 3. The minimum absolute atomic E-state index is 0.324. The second-order valence-corrected chi connectivity index (χ2v) is 5.04. The van der Waals surface area contributed by atoms with Crippen LogP contribution in [0.25, 0.3) is 0 Å². The maximum Gasteiger partial charge on any atom is 0.141 e.